The van der Waals surface area contributed by atoms with Crippen molar-refractivity contribution in [2.24, 2.45) is 4.99 Å². The summed E-state index contributed by atoms with van der Waals surface area (Å²) in [6, 6.07) is 4.05. The summed E-state index contributed by atoms with van der Waals surface area (Å²) in [6.45, 7) is 6.65. The second kappa shape index (κ2) is 8.86. The van der Waals surface area contributed by atoms with Gasteiger partial charge in [0.15, 0.2) is 5.54 Å². The van der Waals surface area contributed by atoms with E-state index in [1.807, 2.05) is 44.0 Å². The molecule has 0 aromatic heterocycles. The molecule has 2 aliphatic rings. The van der Waals surface area contributed by atoms with E-state index in [1.165, 1.54) is 11.1 Å². The Kier molecular flexibility index (Phi) is 6.99. The Morgan fingerprint density at radius 3 is 2.54 bits per heavy atom. The molecule has 1 aromatic carbocycles. The summed E-state index contributed by atoms with van der Waals surface area (Å²) in [4.78, 5) is 18.6. The maximum Gasteiger partial charge on any atom is 0.335 e. The maximum absolute atomic E-state index is 12.1. The Balaban J connectivity index is 0.00000280. The molecule has 0 radical (unpaired) electrons. The monoisotopic (exact) mass is 407 g/mol. The first-order chi connectivity index (χ1) is 13.0. The van der Waals surface area contributed by atoms with E-state index >= 15 is 0 Å². The highest BCUT2D eigenvalue weighted by Crippen LogP contribution is 2.33. The minimum absolute atomic E-state index is 0. The zero-order chi connectivity index (χ0) is 19.6. The van der Waals surface area contributed by atoms with Crippen molar-refractivity contribution >= 4 is 29.8 Å². The van der Waals surface area contributed by atoms with Crippen molar-refractivity contribution in [1.82, 2.24) is 4.90 Å². The average molecular weight is 408 g/mol. The standard InChI is InChI=1S/C21H29N3O3.ClH/c1-4-19-21(5-2,20(25)26)24(6-3)12-16(23-19)13-27-18-11-15-9-7-8-14(15)10-17(18)22;/h10-12H,4-9,13,22H2,1-3H3,(H,25,26);1H. The van der Waals surface area contributed by atoms with Gasteiger partial charge in [0.1, 0.15) is 12.4 Å². The van der Waals surface area contributed by atoms with E-state index in [-0.39, 0.29) is 19.0 Å². The Labute approximate surface area is 172 Å². The van der Waals surface area contributed by atoms with Crippen LogP contribution in [0.2, 0.25) is 0 Å². The zero-order valence-corrected chi connectivity index (χ0v) is 17.6. The van der Waals surface area contributed by atoms with Crippen LogP contribution in [-0.4, -0.2) is 40.4 Å². The van der Waals surface area contributed by atoms with Gasteiger partial charge in [0.25, 0.3) is 0 Å². The van der Waals surface area contributed by atoms with Crippen LogP contribution in [-0.2, 0) is 17.6 Å². The molecule has 0 saturated heterocycles. The fourth-order valence-corrected chi connectivity index (χ4v) is 4.25. The second-order valence-electron chi connectivity index (χ2n) is 7.14. The normalized spacial score (nSPS) is 20.8. The lowest BCUT2D eigenvalue weighted by Crippen LogP contribution is -2.59. The topological polar surface area (TPSA) is 88.2 Å². The molecule has 1 aromatic rings. The summed E-state index contributed by atoms with van der Waals surface area (Å²) in [5, 5.41) is 9.91. The third-order valence-corrected chi connectivity index (χ3v) is 5.69. The molecule has 1 heterocycles. The number of nitrogens with zero attached hydrogens (tertiary/aromatic N) is 2. The van der Waals surface area contributed by atoms with Crippen LogP contribution in [0.25, 0.3) is 0 Å². The first kappa shape index (κ1) is 22.1. The number of carboxylic acid groups (broad SMARTS) is 1. The molecule has 0 saturated carbocycles. The number of fused-ring (bicyclic) bond motifs is 1. The van der Waals surface area contributed by atoms with Gasteiger partial charge in [0.05, 0.1) is 17.1 Å². The first-order valence-corrected chi connectivity index (χ1v) is 9.79. The number of hydrogen-bond acceptors (Lipinski definition) is 5. The fraction of sp³-hybridized carbons (Fsp3) is 0.524. The Morgan fingerprint density at radius 1 is 1.29 bits per heavy atom. The van der Waals surface area contributed by atoms with Gasteiger partial charge in [-0.05, 0) is 62.3 Å². The molecule has 0 spiro atoms. The van der Waals surface area contributed by atoms with Gasteiger partial charge in [0.2, 0.25) is 0 Å². The number of anilines is 1. The van der Waals surface area contributed by atoms with Gasteiger partial charge in [-0.2, -0.15) is 0 Å². The van der Waals surface area contributed by atoms with Gasteiger partial charge >= 0.3 is 5.97 Å². The molecule has 1 atom stereocenters. The Morgan fingerprint density at radius 2 is 1.96 bits per heavy atom. The number of carboxylic acids is 1. The summed E-state index contributed by atoms with van der Waals surface area (Å²) < 4.78 is 5.98. The van der Waals surface area contributed by atoms with Gasteiger partial charge in [-0.1, -0.05) is 13.8 Å². The molecule has 3 N–H and O–H groups in total. The molecule has 1 aliphatic heterocycles. The van der Waals surface area contributed by atoms with Gasteiger partial charge in [-0.25, -0.2) is 4.79 Å². The van der Waals surface area contributed by atoms with E-state index in [0.717, 1.165) is 25.0 Å². The van der Waals surface area contributed by atoms with Crippen LogP contribution in [0.1, 0.15) is 51.2 Å². The van der Waals surface area contributed by atoms with E-state index < -0.39 is 11.5 Å². The van der Waals surface area contributed by atoms with Gasteiger partial charge < -0.3 is 20.5 Å². The lowest BCUT2D eigenvalue weighted by atomic mass is 9.85. The zero-order valence-electron chi connectivity index (χ0n) is 16.8. The van der Waals surface area contributed by atoms with E-state index in [2.05, 4.69) is 4.99 Å². The second-order valence-corrected chi connectivity index (χ2v) is 7.14. The van der Waals surface area contributed by atoms with E-state index in [4.69, 9.17) is 10.5 Å². The third kappa shape index (κ3) is 3.70. The van der Waals surface area contributed by atoms with Crippen LogP contribution >= 0.6 is 12.4 Å². The molecule has 0 fully saturated rings. The van der Waals surface area contributed by atoms with Crippen molar-refractivity contribution < 1.29 is 14.6 Å². The van der Waals surface area contributed by atoms with Crippen molar-refractivity contribution in [2.45, 2.75) is 58.4 Å². The summed E-state index contributed by atoms with van der Waals surface area (Å²) in [5.74, 6) is -0.176. The lowest BCUT2D eigenvalue weighted by molar-refractivity contribution is -0.145. The van der Waals surface area contributed by atoms with Crippen LogP contribution in [0.3, 0.4) is 0 Å². The summed E-state index contributed by atoms with van der Waals surface area (Å²) in [5.41, 5.74) is 9.74. The summed E-state index contributed by atoms with van der Waals surface area (Å²) >= 11 is 0. The van der Waals surface area contributed by atoms with Gasteiger partial charge in [-0.15, -0.1) is 12.4 Å². The van der Waals surface area contributed by atoms with Crippen LogP contribution in [0, 0.1) is 0 Å². The number of carbonyl (C=O) groups is 1. The predicted octanol–water partition coefficient (Wildman–Crippen LogP) is 3.82. The molecular formula is C21H30ClN3O3. The fourth-order valence-electron chi connectivity index (χ4n) is 4.25. The number of nitrogen functional groups attached to an aromatic ring is 1. The Bertz CT molecular complexity index is 806. The highest BCUT2D eigenvalue weighted by atomic mass is 35.5. The molecule has 3 rings (SSSR count). The number of nitrogens with two attached hydrogens (primary N) is 1. The van der Waals surface area contributed by atoms with Crippen LogP contribution in [0.15, 0.2) is 29.0 Å². The average Bonchev–Trinajstić information content (AvgIpc) is 3.11. The summed E-state index contributed by atoms with van der Waals surface area (Å²) in [7, 11) is 0. The number of aryl methyl sites for hydroxylation is 2. The van der Waals surface area contributed by atoms with Crippen LogP contribution in [0.4, 0.5) is 5.69 Å². The van der Waals surface area contributed by atoms with Crippen molar-refractivity contribution in [2.75, 3.05) is 18.9 Å². The molecule has 28 heavy (non-hydrogen) atoms. The van der Waals surface area contributed by atoms with Gasteiger partial charge in [0, 0.05) is 12.7 Å². The highest BCUT2D eigenvalue weighted by molar-refractivity contribution is 6.11. The molecule has 0 bridgehead atoms. The van der Waals surface area contributed by atoms with Crippen molar-refractivity contribution in [3.05, 3.63) is 35.2 Å². The lowest BCUT2D eigenvalue weighted by Gasteiger charge is -2.42. The predicted molar refractivity (Wildman–Crippen MR) is 114 cm³/mol. The molecule has 1 aliphatic carbocycles. The summed E-state index contributed by atoms with van der Waals surface area (Å²) in [6.07, 6.45) is 6.16. The molecule has 0 amide bonds. The molecule has 1 unspecified atom stereocenters. The number of likely N-dealkylation sites (N-methyl/N-ethyl adjacent to an activating group) is 1. The SMILES string of the molecule is CCC1=NC(COc2cc3c(cc2N)CCC3)=CN(CC)C1(CC)C(=O)O.Cl. The highest BCUT2D eigenvalue weighted by Gasteiger charge is 2.47. The Hall–Kier alpha value is -2.21. The molecule has 154 valence electrons. The van der Waals surface area contributed by atoms with E-state index in [0.29, 0.717) is 36.5 Å². The number of halogens is 1. The first-order valence-electron chi connectivity index (χ1n) is 9.79. The van der Waals surface area contributed by atoms with Crippen LogP contribution in [0.5, 0.6) is 5.75 Å². The number of hydrogen-bond donors (Lipinski definition) is 2. The van der Waals surface area contributed by atoms with Crippen molar-refractivity contribution in [3.8, 4) is 5.75 Å². The minimum Gasteiger partial charge on any atom is -0.485 e. The molecule has 7 heteroatoms. The van der Waals surface area contributed by atoms with Crippen LogP contribution < -0.4 is 10.5 Å². The third-order valence-electron chi connectivity index (χ3n) is 5.69. The van der Waals surface area contributed by atoms with E-state index in [9.17, 15) is 9.90 Å². The molecular weight excluding hydrogens is 378 g/mol. The quantitative estimate of drug-likeness (QED) is 0.671. The van der Waals surface area contributed by atoms with Crippen molar-refractivity contribution in [3.63, 3.8) is 0 Å². The van der Waals surface area contributed by atoms with Crippen molar-refractivity contribution in [1.29, 1.82) is 0 Å². The minimum atomic E-state index is -1.07. The largest absolute Gasteiger partial charge is 0.485 e. The number of aliphatic carboxylic acids is 1. The number of ether oxygens (including phenoxy) is 1. The number of aliphatic imine (C=N–C) groups is 1. The number of benzene rings is 1. The smallest absolute Gasteiger partial charge is 0.335 e. The van der Waals surface area contributed by atoms with Gasteiger partial charge in [-0.3, -0.25) is 4.99 Å². The number of rotatable bonds is 7. The molecule has 6 nitrogen and oxygen atoms in total. The van der Waals surface area contributed by atoms with E-state index in [1.54, 1.807) is 0 Å². The maximum atomic E-state index is 12.1.